The van der Waals surface area contributed by atoms with Gasteiger partial charge >= 0.3 is 0 Å². The van der Waals surface area contributed by atoms with Crippen molar-refractivity contribution in [3.8, 4) is 0 Å². The molecule has 0 fully saturated rings. The highest BCUT2D eigenvalue weighted by Crippen LogP contribution is 2.27. The summed E-state index contributed by atoms with van der Waals surface area (Å²) in [7, 11) is 1.91. The van der Waals surface area contributed by atoms with Crippen LogP contribution in [0.15, 0.2) is 41.3 Å². The lowest BCUT2D eigenvalue weighted by Gasteiger charge is -2.04. The number of aromatic nitrogens is 2. The summed E-state index contributed by atoms with van der Waals surface area (Å²) in [6.07, 6.45) is 0.955. The second kappa shape index (κ2) is 7.19. The van der Waals surface area contributed by atoms with Gasteiger partial charge in [-0.1, -0.05) is 18.2 Å². The molecular weight excluding hydrogens is 326 g/mol. The quantitative estimate of drug-likeness (QED) is 0.545. The summed E-state index contributed by atoms with van der Waals surface area (Å²) in [5.41, 5.74) is 0.970. The zero-order valence-corrected chi connectivity index (χ0v) is 14.8. The first kappa shape index (κ1) is 16.1. The molecule has 0 aliphatic rings. The Kier molecular flexibility index (Phi) is 5.03. The van der Waals surface area contributed by atoms with Crippen molar-refractivity contribution in [1.82, 2.24) is 15.1 Å². The average Bonchev–Trinajstić information content (AvgIpc) is 3.10. The molecule has 23 heavy (non-hydrogen) atoms. The molecule has 0 saturated carbocycles. The van der Waals surface area contributed by atoms with Gasteiger partial charge in [0, 0.05) is 23.9 Å². The van der Waals surface area contributed by atoms with E-state index in [2.05, 4.69) is 22.5 Å². The van der Waals surface area contributed by atoms with E-state index in [-0.39, 0.29) is 5.91 Å². The first-order chi connectivity index (χ1) is 11.1. The average molecular weight is 345 g/mol. The molecule has 120 valence electrons. The van der Waals surface area contributed by atoms with Crippen LogP contribution >= 0.6 is 23.1 Å². The van der Waals surface area contributed by atoms with Gasteiger partial charge in [-0.3, -0.25) is 9.48 Å². The number of thiophene rings is 1. The van der Waals surface area contributed by atoms with Gasteiger partial charge in [-0.2, -0.15) is 5.10 Å². The second-order valence-corrected chi connectivity index (χ2v) is 7.51. The van der Waals surface area contributed by atoms with E-state index < -0.39 is 0 Å². The number of rotatable bonds is 6. The summed E-state index contributed by atoms with van der Waals surface area (Å²) < 4.78 is 1.84. The number of hydrogen-bond donors (Lipinski definition) is 1. The van der Waals surface area contributed by atoms with Crippen LogP contribution in [-0.2, 0) is 7.05 Å². The Morgan fingerprint density at radius 2 is 2.13 bits per heavy atom. The molecule has 1 amide bonds. The van der Waals surface area contributed by atoms with Crippen molar-refractivity contribution in [3.05, 3.63) is 47.0 Å². The van der Waals surface area contributed by atoms with E-state index in [1.807, 2.05) is 54.7 Å². The summed E-state index contributed by atoms with van der Waals surface area (Å²) in [6.45, 7) is 2.67. The minimum Gasteiger partial charge on any atom is -0.351 e. The molecule has 2 heterocycles. The van der Waals surface area contributed by atoms with Crippen LogP contribution in [0, 0.1) is 6.92 Å². The van der Waals surface area contributed by atoms with Crippen molar-refractivity contribution in [3.63, 3.8) is 0 Å². The first-order valence-electron chi connectivity index (χ1n) is 7.54. The number of thioether (sulfide) groups is 1. The SMILES string of the molecule is Cc1nn(C)c2sc(C(=O)NCCCSc3ccccc3)cc12. The summed E-state index contributed by atoms with van der Waals surface area (Å²) in [6, 6.07) is 12.3. The van der Waals surface area contributed by atoms with Crippen LogP contribution in [0.1, 0.15) is 21.8 Å². The number of nitrogens with zero attached hydrogens (tertiary/aromatic N) is 2. The maximum Gasteiger partial charge on any atom is 0.261 e. The van der Waals surface area contributed by atoms with Gasteiger partial charge < -0.3 is 5.32 Å². The van der Waals surface area contributed by atoms with Crippen LogP contribution in [-0.4, -0.2) is 28.0 Å². The van der Waals surface area contributed by atoms with Gasteiger partial charge in [0.2, 0.25) is 0 Å². The van der Waals surface area contributed by atoms with E-state index in [0.717, 1.165) is 33.0 Å². The van der Waals surface area contributed by atoms with Gasteiger partial charge in [0.15, 0.2) is 0 Å². The fraction of sp³-hybridized carbons (Fsp3) is 0.294. The van der Waals surface area contributed by atoms with Crippen molar-refractivity contribution < 1.29 is 4.79 Å². The number of carbonyl (C=O) groups excluding carboxylic acids is 1. The van der Waals surface area contributed by atoms with Crippen LogP contribution in [0.4, 0.5) is 0 Å². The Hall–Kier alpha value is -1.79. The molecule has 0 spiro atoms. The molecule has 4 nitrogen and oxygen atoms in total. The number of aryl methyl sites for hydroxylation is 2. The Morgan fingerprint density at radius 3 is 2.87 bits per heavy atom. The third-order valence-electron chi connectivity index (χ3n) is 3.54. The minimum atomic E-state index is 0.00955. The molecule has 0 aliphatic heterocycles. The van der Waals surface area contributed by atoms with Crippen LogP contribution in [0.5, 0.6) is 0 Å². The smallest absolute Gasteiger partial charge is 0.261 e. The predicted octanol–water partition coefficient (Wildman–Crippen LogP) is 3.86. The number of fused-ring (bicyclic) bond motifs is 1. The van der Waals surface area contributed by atoms with E-state index in [9.17, 15) is 4.79 Å². The summed E-state index contributed by atoms with van der Waals surface area (Å²) in [4.78, 5) is 15.3. The van der Waals surface area contributed by atoms with Crippen molar-refractivity contribution in [1.29, 1.82) is 0 Å². The number of amides is 1. The molecule has 1 N–H and O–H groups in total. The number of nitrogens with one attached hydrogen (secondary N) is 1. The lowest BCUT2D eigenvalue weighted by molar-refractivity contribution is 0.0958. The zero-order valence-electron chi connectivity index (χ0n) is 13.2. The maximum absolute atomic E-state index is 12.2. The molecule has 2 aromatic heterocycles. The van der Waals surface area contributed by atoms with E-state index in [1.165, 1.54) is 16.2 Å². The standard InChI is InChI=1S/C17H19N3OS2/c1-12-14-11-15(23-17(14)20(2)19-12)16(21)18-9-6-10-22-13-7-4-3-5-8-13/h3-5,7-8,11H,6,9-10H2,1-2H3,(H,18,21). The fourth-order valence-electron chi connectivity index (χ4n) is 2.39. The lowest BCUT2D eigenvalue weighted by atomic mass is 10.3. The van der Waals surface area contributed by atoms with Gasteiger partial charge in [0.1, 0.15) is 4.83 Å². The van der Waals surface area contributed by atoms with Crippen LogP contribution in [0.3, 0.4) is 0 Å². The normalized spacial score (nSPS) is 11.0. The molecule has 0 saturated heterocycles. The monoisotopic (exact) mass is 345 g/mol. The molecule has 0 aliphatic carbocycles. The van der Waals surface area contributed by atoms with Gasteiger partial charge in [0.25, 0.3) is 5.91 Å². The fourth-order valence-corrected chi connectivity index (χ4v) is 4.30. The highest BCUT2D eigenvalue weighted by atomic mass is 32.2. The van der Waals surface area contributed by atoms with Gasteiger partial charge in [0.05, 0.1) is 10.6 Å². The topological polar surface area (TPSA) is 46.9 Å². The maximum atomic E-state index is 12.2. The summed E-state index contributed by atoms with van der Waals surface area (Å²) in [5.74, 6) is 1.01. The third-order valence-corrected chi connectivity index (χ3v) is 5.84. The molecule has 1 aromatic carbocycles. The predicted molar refractivity (Wildman–Crippen MR) is 97.4 cm³/mol. The Labute approximate surface area is 143 Å². The van der Waals surface area contributed by atoms with E-state index in [4.69, 9.17) is 0 Å². The molecule has 0 unspecified atom stereocenters. The van der Waals surface area contributed by atoms with E-state index in [1.54, 1.807) is 0 Å². The van der Waals surface area contributed by atoms with E-state index >= 15 is 0 Å². The first-order valence-corrected chi connectivity index (χ1v) is 9.34. The number of hydrogen-bond acceptors (Lipinski definition) is 4. The van der Waals surface area contributed by atoms with E-state index in [0.29, 0.717) is 6.54 Å². The lowest BCUT2D eigenvalue weighted by Crippen LogP contribution is -2.23. The molecule has 3 aromatic rings. The van der Waals surface area contributed by atoms with Crippen molar-refractivity contribution in [2.75, 3.05) is 12.3 Å². The van der Waals surface area contributed by atoms with Crippen molar-refractivity contribution in [2.24, 2.45) is 7.05 Å². The molecule has 0 radical (unpaired) electrons. The van der Waals surface area contributed by atoms with Crippen molar-refractivity contribution in [2.45, 2.75) is 18.2 Å². The number of carbonyl (C=O) groups is 1. The largest absolute Gasteiger partial charge is 0.351 e. The third kappa shape index (κ3) is 3.76. The summed E-state index contributed by atoms with van der Waals surface area (Å²) >= 11 is 3.31. The zero-order chi connectivity index (χ0) is 16.2. The van der Waals surface area contributed by atoms with Gasteiger partial charge in [-0.15, -0.1) is 23.1 Å². The van der Waals surface area contributed by atoms with Crippen LogP contribution in [0.25, 0.3) is 10.2 Å². The van der Waals surface area contributed by atoms with Crippen molar-refractivity contribution >= 4 is 39.2 Å². The van der Waals surface area contributed by atoms with Crippen LogP contribution < -0.4 is 5.32 Å². The Balaban J connectivity index is 1.48. The minimum absolute atomic E-state index is 0.00955. The Bertz CT molecular complexity index is 773. The van der Waals surface area contributed by atoms with Crippen LogP contribution in [0.2, 0.25) is 0 Å². The van der Waals surface area contributed by atoms with Gasteiger partial charge in [-0.05, 0) is 37.3 Å². The summed E-state index contributed by atoms with van der Waals surface area (Å²) in [5, 5.41) is 8.43. The highest BCUT2D eigenvalue weighted by Gasteiger charge is 2.14. The molecule has 3 rings (SSSR count). The second-order valence-electron chi connectivity index (χ2n) is 5.31. The highest BCUT2D eigenvalue weighted by molar-refractivity contribution is 7.99. The molecule has 0 bridgehead atoms. The number of benzene rings is 1. The Morgan fingerprint density at radius 1 is 1.35 bits per heavy atom. The molecule has 6 heteroatoms. The molecular formula is C17H19N3OS2. The molecule has 0 atom stereocenters. The van der Waals surface area contributed by atoms with Gasteiger partial charge in [-0.25, -0.2) is 0 Å².